The largest absolute Gasteiger partial charge is 0.493 e. The average molecular weight is 331 g/mol. The third-order valence-electron chi connectivity index (χ3n) is 4.30. The van der Waals surface area contributed by atoms with Crippen molar-refractivity contribution < 1.29 is 14.3 Å². The smallest absolute Gasteiger partial charge is 0.227 e. The van der Waals surface area contributed by atoms with Gasteiger partial charge in [0.05, 0.1) is 26.7 Å². The van der Waals surface area contributed by atoms with Gasteiger partial charge in [0, 0.05) is 6.54 Å². The molecule has 3 rings (SSSR count). The second kappa shape index (κ2) is 7.04. The molecule has 0 saturated carbocycles. The first kappa shape index (κ1) is 15.9. The van der Waals surface area contributed by atoms with Gasteiger partial charge in [-0.3, -0.25) is 4.79 Å². The van der Waals surface area contributed by atoms with Crippen LogP contribution in [0.4, 0.5) is 0 Å². The summed E-state index contributed by atoms with van der Waals surface area (Å²) < 4.78 is 10.6. The lowest BCUT2D eigenvalue weighted by molar-refractivity contribution is -0.131. The van der Waals surface area contributed by atoms with Crippen LogP contribution >= 0.6 is 11.3 Å². The van der Waals surface area contributed by atoms with Crippen molar-refractivity contribution >= 4 is 17.2 Å². The van der Waals surface area contributed by atoms with E-state index in [0.717, 1.165) is 24.9 Å². The van der Waals surface area contributed by atoms with Gasteiger partial charge >= 0.3 is 0 Å². The van der Waals surface area contributed by atoms with Crippen molar-refractivity contribution in [3.05, 3.63) is 46.2 Å². The van der Waals surface area contributed by atoms with E-state index in [2.05, 4.69) is 16.8 Å². The fourth-order valence-electron chi connectivity index (χ4n) is 3.14. The summed E-state index contributed by atoms with van der Waals surface area (Å²) in [5.41, 5.74) is 2.21. The Bertz CT molecular complexity index is 669. The Balaban J connectivity index is 1.74. The number of benzene rings is 1. The maximum atomic E-state index is 12.7. The fraction of sp³-hybridized carbons (Fsp3) is 0.389. The van der Waals surface area contributed by atoms with Gasteiger partial charge in [0.15, 0.2) is 11.5 Å². The molecule has 1 aliphatic heterocycles. The molecule has 2 heterocycles. The molecule has 0 radical (unpaired) electrons. The Hall–Kier alpha value is -2.01. The molecule has 122 valence electrons. The summed E-state index contributed by atoms with van der Waals surface area (Å²) in [4.78, 5) is 14.7. The van der Waals surface area contributed by atoms with Crippen LogP contribution in [-0.2, 0) is 11.2 Å². The molecule has 2 aromatic rings. The van der Waals surface area contributed by atoms with E-state index in [1.165, 1.54) is 5.56 Å². The summed E-state index contributed by atoms with van der Waals surface area (Å²) in [6.07, 6.45) is 2.51. The van der Waals surface area contributed by atoms with Crippen LogP contribution in [0.5, 0.6) is 11.5 Å². The summed E-state index contributed by atoms with van der Waals surface area (Å²) in [7, 11) is 3.22. The summed E-state index contributed by atoms with van der Waals surface area (Å²) >= 11 is 1.68. The van der Waals surface area contributed by atoms with E-state index in [-0.39, 0.29) is 11.9 Å². The molecule has 1 aromatic heterocycles. The van der Waals surface area contributed by atoms with E-state index >= 15 is 0 Å². The summed E-state index contributed by atoms with van der Waals surface area (Å²) in [5.74, 6) is 1.51. The molecule has 23 heavy (non-hydrogen) atoms. The van der Waals surface area contributed by atoms with Crippen LogP contribution < -0.4 is 9.47 Å². The van der Waals surface area contributed by atoms with E-state index in [1.807, 2.05) is 23.1 Å². The van der Waals surface area contributed by atoms with E-state index in [4.69, 9.17) is 9.47 Å². The van der Waals surface area contributed by atoms with Crippen LogP contribution in [0.3, 0.4) is 0 Å². The lowest BCUT2D eigenvalue weighted by Gasteiger charge is -2.24. The minimum Gasteiger partial charge on any atom is -0.493 e. The molecule has 1 fully saturated rings. The maximum absolute atomic E-state index is 12.7. The number of methoxy groups -OCH3 is 2. The van der Waals surface area contributed by atoms with Crippen molar-refractivity contribution in [1.82, 2.24) is 4.90 Å². The van der Waals surface area contributed by atoms with Crippen LogP contribution in [-0.4, -0.2) is 31.6 Å². The Morgan fingerprint density at radius 2 is 2.09 bits per heavy atom. The molecule has 0 bridgehead atoms. The highest BCUT2D eigenvalue weighted by atomic mass is 32.1. The minimum atomic E-state index is 0.172. The number of thiophene rings is 1. The molecule has 1 aliphatic rings. The zero-order valence-corrected chi connectivity index (χ0v) is 14.3. The van der Waals surface area contributed by atoms with Crippen molar-refractivity contribution in [3.8, 4) is 11.5 Å². The van der Waals surface area contributed by atoms with Gasteiger partial charge in [-0.25, -0.2) is 0 Å². The highest BCUT2D eigenvalue weighted by Crippen LogP contribution is 2.34. The van der Waals surface area contributed by atoms with Gasteiger partial charge in [0.25, 0.3) is 0 Å². The number of carbonyl (C=O) groups excluding carboxylic acids is 1. The van der Waals surface area contributed by atoms with Gasteiger partial charge in [0.2, 0.25) is 5.91 Å². The topological polar surface area (TPSA) is 38.8 Å². The Morgan fingerprint density at radius 1 is 1.26 bits per heavy atom. The standard InChI is InChI=1S/C18H21NO3S/c1-21-16-6-5-13(10-17(16)22-2)11-18(20)19-8-3-4-15(19)14-7-9-23-12-14/h5-7,9-10,12,15H,3-4,8,11H2,1-2H3. The Morgan fingerprint density at radius 3 is 2.78 bits per heavy atom. The molecular weight excluding hydrogens is 310 g/mol. The first-order chi connectivity index (χ1) is 11.2. The second-order valence-electron chi connectivity index (χ2n) is 5.67. The predicted octanol–water partition coefficient (Wildman–Crippen LogP) is 3.67. The van der Waals surface area contributed by atoms with Crippen molar-refractivity contribution in [3.63, 3.8) is 0 Å². The van der Waals surface area contributed by atoms with Crippen LogP contribution in [0.1, 0.15) is 30.0 Å². The number of rotatable bonds is 5. The molecule has 5 heteroatoms. The summed E-state index contributed by atoms with van der Waals surface area (Å²) in [5, 5.41) is 4.22. The second-order valence-corrected chi connectivity index (χ2v) is 6.45. The van der Waals surface area contributed by atoms with Crippen molar-refractivity contribution in [2.24, 2.45) is 0 Å². The van der Waals surface area contributed by atoms with Crippen LogP contribution in [0.2, 0.25) is 0 Å². The molecule has 1 atom stereocenters. The molecule has 0 aliphatic carbocycles. The maximum Gasteiger partial charge on any atom is 0.227 e. The van der Waals surface area contributed by atoms with Gasteiger partial charge in [-0.2, -0.15) is 11.3 Å². The van der Waals surface area contributed by atoms with Crippen LogP contribution in [0, 0.1) is 0 Å². The Kier molecular flexibility index (Phi) is 4.86. The zero-order valence-electron chi connectivity index (χ0n) is 13.5. The number of nitrogens with zero attached hydrogens (tertiary/aromatic N) is 1. The highest BCUT2D eigenvalue weighted by Gasteiger charge is 2.30. The van der Waals surface area contributed by atoms with Crippen molar-refractivity contribution in [1.29, 1.82) is 0 Å². The molecule has 1 unspecified atom stereocenters. The molecule has 1 aromatic carbocycles. The first-order valence-corrected chi connectivity index (χ1v) is 8.69. The molecule has 1 saturated heterocycles. The normalized spacial score (nSPS) is 17.3. The quantitative estimate of drug-likeness (QED) is 0.839. The van der Waals surface area contributed by atoms with Gasteiger partial charge in [0.1, 0.15) is 0 Å². The third kappa shape index (κ3) is 3.34. The number of hydrogen-bond acceptors (Lipinski definition) is 4. The third-order valence-corrected chi connectivity index (χ3v) is 5.01. The average Bonchev–Trinajstić information content (AvgIpc) is 3.25. The van der Waals surface area contributed by atoms with Gasteiger partial charge in [-0.1, -0.05) is 6.07 Å². The monoisotopic (exact) mass is 331 g/mol. The van der Waals surface area contributed by atoms with E-state index in [1.54, 1.807) is 25.6 Å². The van der Waals surface area contributed by atoms with E-state index in [9.17, 15) is 4.79 Å². The van der Waals surface area contributed by atoms with Crippen LogP contribution in [0.25, 0.3) is 0 Å². The molecule has 4 nitrogen and oxygen atoms in total. The first-order valence-electron chi connectivity index (χ1n) is 7.75. The fourth-order valence-corrected chi connectivity index (χ4v) is 3.85. The van der Waals surface area contributed by atoms with Gasteiger partial charge in [-0.15, -0.1) is 0 Å². The summed E-state index contributed by atoms with van der Waals surface area (Å²) in [6, 6.07) is 8.01. The van der Waals surface area contributed by atoms with Gasteiger partial charge in [-0.05, 0) is 52.9 Å². The predicted molar refractivity (Wildman–Crippen MR) is 91.3 cm³/mol. The molecule has 0 N–H and O–H groups in total. The highest BCUT2D eigenvalue weighted by molar-refractivity contribution is 7.07. The van der Waals surface area contributed by atoms with Crippen molar-refractivity contribution in [2.45, 2.75) is 25.3 Å². The zero-order chi connectivity index (χ0) is 16.2. The SMILES string of the molecule is COc1ccc(CC(=O)N2CCCC2c2ccsc2)cc1OC. The summed E-state index contributed by atoms with van der Waals surface area (Å²) in [6.45, 7) is 0.840. The number of hydrogen-bond donors (Lipinski definition) is 0. The lowest BCUT2D eigenvalue weighted by atomic mass is 10.1. The van der Waals surface area contributed by atoms with E-state index in [0.29, 0.717) is 17.9 Å². The minimum absolute atomic E-state index is 0.172. The Labute approximate surface area is 140 Å². The number of likely N-dealkylation sites (tertiary alicyclic amines) is 1. The molecule has 1 amide bonds. The number of amides is 1. The van der Waals surface area contributed by atoms with Crippen LogP contribution in [0.15, 0.2) is 35.0 Å². The molecule has 0 spiro atoms. The van der Waals surface area contributed by atoms with Gasteiger partial charge < -0.3 is 14.4 Å². The number of carbonyl (C=O) groups is 1. The van der Waals surface area contributed by atoms with E-state index < -0.39 is 0 Å². The van der Waals surface area contributed by atoms with Crippen molar-refractivity contribution in [2.75, 3.05) is 20.8 Å². The number of ether oxygens (including phenoxy) is 2. The molecular formula is C18H21NO3S. The lowest BCUT2D eigenvalue weighted by Crippen LogP contribution is -2.31.